The summed E-state index contributed by atoms with van der Waals surface area (Å²) in [5, 5.41) is 6.11. The van der Waals surface area contributed by atoms with Crippen LogP contribution in [0.3, 0.4) is 0 Å². The largest absolute Gasteiger partial charge is 0.454 e. The summed E-state index contributed by atoms with van der Waals surface area (Å²) < 4.78 is 15.9. The first-order chi connectivity index (χ1) is 9.74. The number of halogens is 1. The Hall–Kier alpha value is -1.50. The van der Waals surface area contributed by atoms with Crippen molar-refractivity contribution in [3.8, 4) is 11.5 Å². The number of benzene rings is 1. The maximum Gasteiger partial charge on any atom is 0.240 e. The van der Waals surface area contributed by atoms with Crippen molar-refractivity contribution in [3.05, 3.63) is 23.8 Å². The molecule has 116 valence electrons. The van der Waals surface area contributed by atoms with Gasteiger partial charge in [0.05, 0.1) is 19.3 Å². The van der Waals surface area contributed by atoms with Gasteiger partial charge in [0.2, 0.25) is 12.7 Å². The van der Waals surface area contributed by atoms with Gasteiger partial charge in [-0.15, -0.1) is 12.4 Å². The van der Waals surface area contributed by atoms with Gasteiger partial charge in [0.1, 0.15) is 6.04 Å². The Bertz CT molecular complexity index is 506. The molecule has 2 atom stereocenters. The van der Waals surface area contributed by atoms with Crippen molar-refractivity contribution in [2.45, 2.75) is 19.0 Å². The molecule has 1 aromatic rings. The Balaban J connectivity index is 0.00000161. The number of hydrogen-bond acceptors (Lipinski definition) is 5. The fourth-order valence-corrected chi connectivity index (χ4v) is 2.31. The van der Waals surface area contributed by atoms with Crippen LogP contribution in [-0.2, 0) is 9.53 Å². The lowest BCUT2D eigenvalue weighted by atomic mass is 10.1. The van der Waals surface area contributed by atoms with E-state index in [1.165, 1.54) is 0 Å². The first-order valence-electron chi connectivity index (χ1n) is 6.75. The van der Waals surface area contributed by atoms with Crippen LogP contribution in [0.2, 0.25) is 0 Å². The van der Waals surface area contributed by atoms with E-state index in [1.54, 1.807) is 0 Å². The number of nitrogens with one attached hydrogen (secondary N) is 2. The van der Waals surface area contributed by atoms with Gasteiger partial charge in [0.25, 0.3) is 0 Å². The molecule has 1 fully saturated rings. The van der Waals surface area contributed by atoms with Gasteiger partial charge < -0.3 is 24.8 Å². The average Bonchev–Trinajstić information content (AvgIpc) is 2.95. The van der Waals surface area contributed by atoms with Gasteiger partial charge in [0, 0.05) is 6.54 Å². The first kappa shape index (κ1) is 15.9. The SMILES string of the molecule is CC(NC(=O)C1COCCN1)c1ccc2c(c1)OCO2.Cl. The molecule has 0 saturated carbocycles. The molecule has 1 saturated heterocycles. The lowest BCUT2D eigenvalue weighted by Crippen LogP contribution is -2.51. The summed E-state index contributed by atoms with van der Waals surface area (Å²) in [5.41, 5.74) is 0.985. The van der Waals surface area contributed by atoms with Crippen LogP contribution < -0.4 is 20.1 Å². The third kappa shape index (κ3) is 3.58. The number of carbonyl (C=O) groups is 1. The van der Waals surface area contributed by atoms with Gasteiger partial charge in [-0.25, -0.2) is 0 Å². The predicted octanol–water partition coefficient (Wildman–Crippen LogP) is 1.00. The van der Waals surface area contributed by atoms with Gasteiger partial charge >= 0.3 is 0 Å². The van der Waals surface area contributed by atoms with Crippen LogP contribution in [0.15, 0.2) is 18.2 Å². The van der Waals surface area contributed by atoms with Crippen LogP contribution >= 0.6 is 12.4 Å². The van der Waals surface area contributed by atoms with Crippen LogP contribution in [-0.4, -0.2) is 38.5 Å². The number of carbonyl (C=O) groups excluding carboxylic acids is 1. The van der Waals surface area contributed by atoms with Gasteiger partial charge in [0.15, 0.2) is 11.5 Å². The summed E-state index contributed by atoms with van der Waals surface area (Å²) in [7, 11) is 0. The van der Waals surface area contributed by atoms with Crippen molar-refractivity contribution in [2.75, 3.05) is 26.6 Å². The summed E-state index contributed by atoms with van der Waals surface area (Å²) in [6, 6.07) is 5.32. The molecular formula is C14H19ClN2O4. The van der Waals surface area contributed by atoms with E-state index in [4.69, 9.17) is 14.2 Å². The lowest BCUT2D eigenvalue weighted by molar-refractivity contribution is -0.126. The van der Waals surface area contributed by atoms with Gasteiger partial charge in [-0.1, -0.05) is 6.07 Å². The smallest absolute Gasteiger partial charge is 0.240 e. The van der Waals surface area contributed by atoms with Crippen molar-refractivity contribution in [3.63, 3.8) is 0 Å². The fraction of sp³-hybridized carbons (Fsp3) is 0.500. The summed E-state index contributed by atoms with van der Waals surface area (Å²) in [4.78, 5) is 12.1. The third-order valence-corrected chi connectivity index (χ3v) is 3.49. The zero-order valence-electron chi connectivity index (χ0n) is 11.8. The molecule has 0 aromatic heterocycles. The maximum absolute atomic E-state index is 12.1. The fourth-order valence-electron chi connectivity index (χ4n) is 2.31. The van der Waals surface area contributed by atoms with Crippen LogP contribution in [0.1, 0.15) is 18.5 Å². The number of rotatable bonds is 3. The van der Waals surface area contributed by atoms with Crippen molar-refractivity contribution in [2.24, 2.45) is 0 Å². The minimum absolute atomic E-state index is 0. The second kappa shape index (κ2) is 6.98. The number of amides is 1. The van der Waals surface area contributed by atoms with Crippen LogP contribution in [0.4, 0.5) is 0 Å². The number of morpholine rings is 1. The van der Waals surface area contributed by atoms with E-state index in [1.807, 2.05) is 25.1 Å². The third-order valence-electron chi connectivity index (χ3n) is 3.49. The molecule has 0 aliphatic carbocycles. The standard InChI is InChI=1S/C14H18N2O4.ClH/c1-9(16-14(17)11-7-18-5-4-15-11)10-2-3-12-13(6-10)20-8-19-12;/h2-3,6,9,11,15H,4-5,7-8H2,1H3,(H,16,17);1H. The zero-order valence-corrected chi connectivity index (χ0v) is 12.6. The zero-order chi connectivity index (χ0) is 13.9. The predicted molar refractivity (Wildman–Crippen MR) is 79.0 cm³/mol. The van der Waals surface area contributed by atoms with E-state index in [0.717, 1.165) is 17.1 Å². The highest BCUT2D eigenvalue weighted by Crippen LogP contribution is 2.34. The molecule has 7 heteroatoms. The second-order valence-electron chi connectivity index (χ2n) is 4.92. The van der Waals surface area contributed by atoms with Crippen molar-refractivity contribution < 1.29 is 19.0 Å². The maximum atomic E-state index is 12.1. The van der Waals surface area contributed by atoms with E-state index in [-0.39, 0.29) is 37.2 Å². The van der Waals surface area contributed by atoms with E-state index in [2.05, 4.69) is 10.6 Å². The molecule has 0 radical (unpaired) electrons. The Kier molecular flexibility index (Phi) is 5.27. The topological polar surface area (TPSA) is 68.8 Å². The van der Waals surface area contributed by atoms with Crippen LogP contribution in [0, 0.1) is 0 Å². The molecule has 2 N–H and O–H groups in total. The van der Waals surface area contributed by atoms with Crippen molar-refractivity contribution >= 4 is 18.3 Å². The quantitative estimate of drug-likeness (QED) is 0.871. The van der Waals surface area contributed by atoms with E-state index < -0.39 is 0 Å². The minimum atomic E-state index is -0.278. The van der Waals surface area contributed by atoms with Crippen LogP contribution in [0.25, 0.3) is 0 Å². The second-order valence-corrected chi connectivity index (χ2v) is 4.92. The molecule has 21 heavy (non-hydrogen) atoms. The summed E-state index contributed by atoms with van der Waals surface area (Å²) in [6.45, 7) is 3.97. The highest BCUT2D eigenvalue weighted by atomic mass is 35.5. The molecule has 1 amide bonds. The number of hydrogen-bond donors (Lipinski definition) is 2. The van der Waals surface area contributed by atoms with Crippen molar-refractivity contribution in [1.82, 2.24) is 10.6 Å². The van der Waals surface area contributed by atoms with Crippen LogP contribution in [0.5, 0.6) is 11.5 Å². The highest BCUT2D eigenvalue weighted by Gasteiger charge is 2.23. The number of ether oxygens (including phenoxy) is 3. The van der Waals surface area contributed by atoms with Gasteiger partial charge in [-0.2, -0.15) is 0 Å². The molecule has 0 bridgehead atoms. The summed E-state index contributed by atoms with van der Waals surface area (Å²) in [6.07, 6.45) is 0. The van der Waals surface area contributed by atoms with E-state index >= 15 is 0 Å². The van der Waals surface area contributed by atoms with Gasteiger partial charge in [-0.05, 0) is 24.6 Å². The normalized spacial score (nSPS) is 21.3. The number of fused-ring (bicyclic) bond motifs is 1. The molecule has 3 rings (SSSR count). The van der Waals surface area contributed by atoms with Gasteiger partial charge in [-0.3, -0.25) is 4.79 Å². The molecule has 6 nitrogen and oxygen atoms in total. The Morgan fingerprint density at radius 1 is 1.38 bits per heavy atom. The van der Waals surface area contributed by atoms with Crippen molar-refractivity contribution in [1.29, 1.82) is 0 Å². The Morgan fingerprint density at radius 2 is 2.19 bits per heavy atom. The average molecular weight is 315 g/mol. The molecular weight excluding hydrogens is 296 g/mol. The molecule has 0 spiro atoms. The lowest BCUT2D eigenvalue weighted by Gasteiger charge is -2.25. The molecule has 2 unspecified atom stereocenters. The summed E-state index contributed by atoms with van der Waals surface area (Å²) in [5.74, 6) is 1.42. The summed E-state index contributed by atoms with van der Waals surface area (Å²) >= 11 is 0. The Morgan fingerprint density at radius 3 is 2.95 bits per heavy atom. The minimum Gasteiger partial charge on any atom is -0.454 e. The molecule has 2 aliphatic heterocycles. The van der Waals surface area contributed by atoms with E-state index in [9.17, 15) is 4.79 Å². The molecule has 2 aliphatic rings. The first-order valence-corrected chi connectivity index (χ1v) is 6.75. The highest BCUT2D eigenvalue weighted by molar-refractivity contribution is 5.85. The monoisotopic (exact) mass is 314 g/mol. The Labute approximate surface area is 129 Å². The van der Waals surface area contributed by atoms with E-state index in [0.29, 0.717) is 19.8 Å². The molecule has 1 aromatic carbocycles. The molecule has 2 heterocycles.